The number of rotatable bonds is 3. The molecule has 1 aliphatic carbocycles. The second-order valence-corrected chi connectivity index (χ2v) is 5.63. The van der Waals surface area contributed by atoms with Crippen molar-refractivity contribution in [2.24, 2.45) is 0 Å². The normalized spacial score (nSPS) is 17.3. The number of hydrogen-bond acceptors (Lipinski definition) is 4. The second-order valence-electron chi connectivity index (χ2n) is 5.63. The molecule has 2 aliphatic rings. The van der Waals surface area contributed by atoms with E-state index in [9.17, 15) is 4.79 Å². The van der Waals surface area contributed by atoms with Gasteiger partial charge in [0.15, 0.2) is 6.79 Å². The molecule has 1 aromatic heterocycles. The highest BCUT2D eigenvalue weighted by Gasteiger charge is 2.26. The van der Waals surface area contributed by atoms with E-state index in [1.807, 2.05) is 29.1 Å². The lowest BCUT2D eigenvalue weighted by Crippen LogP contribution is -2.24. The fraction of sp³-hybridized carbons (Fsp3) is 0.400. The van der Waals surface area contributed by atoms with E-state index in [0.29, 0.717) is 24.9 Å². The van der Waals surface area contributed by atoms with Crippen molar-refractivity contribution >= 4 is 5.69 Å². The summed E-state index contributed by atoms with van der Waals surface area (Å²) in [6.07, 6.45) is 5.88. The van der Waals surface area contributed by atoms with E-state index in [4.69, 9.17) is 15.2 Å². The van der Waals surface area contributed by atoms with E-state index >= 15 is 0 Å². The lowest BCUT2D eigenvalue weighted by Gasteiger charge is -2.21. The minimum atomic E-state index is 0.0285. The van der Waals surface area contributed by atoms with Crippen molar-refractivity contribution in [3.63, 3.8) is 0 Å². The molecule has 2 N–H and O–H groups in total. The van der Waals surface area contributed by atoms with Gasteiger partial charge >= 0.3 is 5.69 Å². The molecule has 0 bridgehead atoms. The van der Waals surface area contributed by atoms with Crippen LogP contribution in [0.3, 0.4) is 0 Å². The molecular formula is C15H17N3O3. The first-order valence-electron chi connectivity index (χ1n) is 7.11. The first-order chi connectivity index (χ1) is 10.2. The summed E-state index contributed by atoms with van der Waals surface area (Å²) in [5.74, 6) is 0.793. The predicted molar refractivity (Wildman–Crippen MR) is 77.2 cm³/mol. The van der Waals surface area contributed by atoms with E-state index in [-0.39, 0.29) is 12.5 Å². The van der Waals surface area contributed by atoms with Crippen LogP contribution in [0, 0.1) is 0 Å². The van der Waals surface area contributed by atoms with Crippen LogP contribution < -0.4 is 16.2 Å². The minimum Gasteiger partial charge on any atom is -0.467 e. The summed E-state index contributed by atoms with van der Waals surface area (Å²) in [6, 6.07) is 4.11. The van der Waals surface area contributed by atoms with Gasteiger partial charge in [-0.25, -0.2) is 4.79 Å². The maximum atomic E-state index is 12.3. The Morgan fingerprint density at radius 1 is 1.29 bits per heavy atom. The standard InChI is InChI=1S/C15H17N3O3/c16-12-5-10(14-11(6-12)8-20-9-21-14)7-17-3-4-18(15(17)19)13-1-2-13/h3-6,13H,1-2,7-9,16H2. The monoisotopic (exact) mass is 287 g/mol. The molecular weight excluding hydrogens is 270 g/mol. The molecule has 0 saturated heterocycles. The highest BCUT2D eigenvalue weighted by atomic mass is 16.7. The van der Waals surface area contributed by atoms with E-state index in [0.717, 1.165) is 29.7 Å². The molecule has 4 rings (SSSR count). The number of fused-ring (bicyclic) bond motifs is 1. The highest BCUT2D eigenvalue weighted by Crippen LogP contribution is 2.34. The minimum absolute atomic E-state index is 0.0285. The summed E-state index contributed by atoms with van der Waals surface area (Å²) in [6.45, 7) is 1.19. The van der Waals surface area contributed by atoms with Crippen molar-refractivity contribution < 1.29 is 9.47 Å². The lowest BCUT2D eigenvalue weighted by atomic mass is 10.1. The van der Waals surface area contributed by atoms with Crippen LogP contribution in [0.1, 0.15) is 30.0 Å². The van der Waals surface area contributed by atoms with E-state index in [1.54, 1.807) is 4.57 Å². The number of hydrogen-bond donors (Lipinski definition) is 1. The van der Waals surface area contributed by atoms with Gasteiger partial charge in [-0.05, 0) is 25.0 Å². The van der Waals surface area contributed by atoms with Crippen LogP contribution in [-0.4, -0.2) is 15.9 Å². The average molecular weight is 287 g/mol. The Bertz CT molecular complexity index is 743. The summed E-state index contributed by atoms with van der Waals surface area (Å²) in [7, 11) is 0. The number of aromatic nitrogens is 2. The van der Waals surface area contributed by atoms with E-state index in [1.165, 1.54) is 0 Å². The first kappa shape index (κ1) is 12.5. The van der Waals surface area contributed by atoms with Crippen LogP contribution in [0.5, 0.6) is 5.75 Å². The Kier molecular flexibility index (Phi) is 2.78. The molecule has 21 heavy (non-hydrogen) atoms. The third-order valence-corrected chi connectivity index (χ3v) is 3.96. The molecule has 1 saturated carbocycles. The van der Waals surface area contributed by atoms with Crippen molar-refractivity contribution in [2.75, 3.05) is 12.5 Å². The summed E-state index contributed by atoms with van der Waals surface area (Å²) in [5, 5.41) is 0. The molecule has 0 radical (unpaired) electrons. The quantitative estimate of drug-likeness (QED) is 0.868. The molecule has 6 nitrogen and oxygen atoms in total. The van der Waals surface area contributed by atoms with Gasteiger partial charge in [-0.15, -0.1) is 0 Å². The van der Waals surface area contributed by atoms with Crippen LogP contribution in [-0.2, 0) is 17.9 Å². The Hall–Kier alpha value is -2.21. The van der Waals surface area contributed by atoms with Gasteiger partial charge in [0, 0.05) is 35.2 Å². The largest absolute Gasteiger partial charge is 0.467 e. The van der Waals surface area contributed by atoms with Gasteiger partial charge in [0.05, 0.1) is 13.2 Å². The fourth-order valence-electron chi connectivity index (χ4n) is 2.81. The van der Waals surface area contributed by atoms with Crippen molar-refractivity contribution in [1.82, 2.24) is 9.13 Å². The van der Waals surface area contributed by atoms with E-state index < -0.39 is 0 Å². The number of benzene rings is 1. The molecule has 6 heteroatoms. The van der Waals surface area contributed by atoms with Gasteiger partial charge in [0.2, 0.25) is 0 Å². The van der Waals surface area contributed by atoms with E-state index in [2.05, 4.69) is 0 Å². The molecule has 2 aromatic rings. The van der Waals surface area contributed by atoms with Gasteiger partial charge in [-0.3, -0.25) is 9.13 Å². The maximum Gasteiger partial charge on any atom is 0.328 e. The average Bonchev–Trinajstić information content (AvgIpc) is 3.25. The fourth-order valence-corrected chi connectivity index (χ4v) is 2.81. The molecule has 1 fully saturated rings. The van der Waals surface area contributed by atoms with Gasteiger partial charge in [0.25, 0.3) is 0 Å². The Balaban J connectivity index is 1.71. The number of ether oxygens (including phenoxy) is 2. The summed E-state index contributed by atoms with van der Waals surface area (Å²) in [5.41, 5.74) is 8.48. The SMILES string of the molecule is Nc1cc2c(c(Cn3ccn(C4CC4)c3=O)c1)OCOC2. The number of imidazole rings is 1. The Labute approximate surface area is 121 Å². The van der Waals surface area contributed by atoms with Gasteiger partial charge in [-0.1, -0.05) is 0 Å². The highest BCUT2D eigenvalue weighted by molar-refractivity contribution is 5.53. The number of nitrogen functional groups attached to an aromatic ring is 1. The van der Waals surface area contributed by atoms with Gasteiger partial charge in [-0.2, -0.15) is 0 Å². The van der Waals surface area contributed by atoms with Crippen LogP contribution in [0.4, 0.5) is 5.69 Å². The van der Waals surface area contributed by atoms with Crippen LogP contribution in [0.15, 0.2) is 29.3 Å². The zero-order chi connectivity index (χ0) is 14.4. The van der Waals surface area contributed by atoms with Crippen molar-refractivity contribution in [1.29, 1.82) is 0 Å². The smallest absolute Gasteiger partial charge is 0.328 e. The molecule has 0 atom stereocenters. The summed E-state index contributed by atoms with van der Waals surface area (Å²) >= 11 is 0. The van der Waals surface area contributed by atoms with Gasteiger partial charge < -0.3 is 15.2 Å². The molecule has 1 aromatic carbocycles. The zero-order valence-corrected chi connectivity index (χ0v) is 11.6. The second kappa shape index (κ2) is 4.66. The summed E-state index contributed by atoms with van der Waals surface area (Å²) < 4.78 is 14.4. The Morgan fingerprint density at radius 3 is 2.95 bits per heavy atom. The van der Waals surface area contributed by atoms with Crippen molar-refractivity contribution in [3.05, 3.63) is 46.1 Å². The lowest BCUT2D eigenvalue weighted by molar-refractivity contribution is -0.0170. The zero-order valence-electron chi connectivity index (χ0n) is 11.6. The Morgan fingerprint density at radius 2 is 2.14 bits per heavy atom. The number of nitrogens with zero attached hydrogens (tertiary/aromatic N) is 2. The number of anilines is 1. The third-order valence-electron chi connectivity index (χ3n) is 3.96. The molecule has 110 valence electrons. The molecule has 1 aliphatic heterocycles. The predicted octanol–water partition coefficient (Wildman–Crippen LogP) is 1.48. The number of nitrogens with two attached hydrogens (primary N) is 1. The van der Waals surface area contributed by atoms with Crippen molar-refractivity contribution in [2.45, 2.75) is 32.0 Å². The molecule has 2 heterocycles. The van der Waals surface area contributed by atoms with Crippen LogP contribution >= 0.6 is 0 Å². The topological polar surface area (TPSA) is 71.4 Å². The van der Waals surface area contributed by atoms with Gasteiger partial charge in [0.1, 0.15) is 5.75 Å². The summed E-state index contributed by atoms with van der Waals surface area (Å²) in [4.78, 5) is 12.3. The molecule has 0 unspecified atom stereocenters. The first-order valence-corrected chi connectivity index (χ1v) is 7.11. The van der Waals surface area contributed by atoms with Crippen LogP contribution in [0.25, 0.3) is 0 Å². The van der Waals surface area contributed by atoms with Crippen LogP contribution in [0.2, 0.25) is 0 Å². The maximum absolute atomic E-state index is 12.3. The molecule has 0 spiro atoms. The van der Waals surface area contributed by atoms with Crippen molar-refractivity contribution in [3.8, 4) is 5.75 Å². The third kappa shape index (κ3) is 2.21. The molecule has 0 amide bonds.